The summed E-state index contributed by atoms with van der Waals surface area (Å²) in [4.78, 5) is 22.7. The fourth-order valence-corrected chi connectivity index (χ4v) is 1.06. The van der Waals surface area contributed by atoms with E-state index in [-0.39, 0.29) is 6.42 Å². The minimum absolute atomic E-state index is 0.349. The second-order valence-electron chi connectivity index (χ2n) is 2.72. The van der Waals surface area contributed by atoms with Crippen molar-refractivity contribution < 1.29 is 28.5 Å². The van der Waals surface area contributed by atoms with Crippen LogP contribution in [0.1, 0.15) is 6.42 Å². The highest BCUT2D eigenvalue weighted by Gasteiger charge is 2.25. The number of ether oxygens (including phenoxy) is 4. The van der Waals surface area contributed by atoms with Crippen LogP contribution in [-0.2, 0) is 28.5 Å². The number of carbonyl (C=O) groups excluding carboxylic acids is 2. The zero-order valence-corrected chi connectivity index (χ0v) is 9.31. The van der Waals surface area contributed by atoms with E-state index >= 15 is 0 Å². The van der Waals surface area contributed by atoms with Crippen LogP contribution in [0.4, 0.5) is 0 Å². The number of carbonyl (C=O) groups is 2. The molecule has 0 aromatic heterocycles. The fraction of sp³-hybridized carbons (Fsp3) is 0.778. The van der Waals surface area contributed by atoms with Crippen molar-refractivity contribution in [2.45, 2.75) is 19.0 Å². The van der Waals surface area contributed by atoms with Crippen LogP contribution in [0.3, 0.4) is 0 Å². The molecule has 0 aromatic rings. The molecule has 0 aliphatic heterocycles. The predicted octanol–water partition coefficient (Wildman–Crippen LogP) is -0.248. The van der Waals surface area contributed by atoms with Crippen LogP contribution in [-0.4, -0.2) is 52.6 Å². The van der Waals surface area contributed by atoms with E-state index in [1.54, 1.807) is 0 Å². The first-order valence-corrected chi connectivity index (χ1v) is 4.27. The summed E-state index contributed by atoms with van der Waals surface area (Å²) in [6.45, 7) is 0. The lowest BCUT2D eigenvalue weighted by Gasteiger charge is -2.14. The molecule has 0 aliphatic carbocycles. The first-order valence-electron chi connectivity index (χ1n) is 4.27. The van der Waals surface area contributed by atoms with E-state index in [1.165, 1.54) is 28.4 Å². The van der Waals surface area contributed by atoms with Crippen LogP contribution in [0, 0.1) is 0 Å². The Balaban J connectivity index is 4.21. The van der Waals surface area contributed by atoms with Crippen LogP contribution in [0.2, 0.25) is 0 Å². The van der Waals surface area contributed by atoms with E-state index in [1.807, 2.05) is 0 Å². The maximum absolute atomic E-state index is 11.4. The fourth-order valence-electron chi connectivity index (χ4n) is 1.06. The molecule has 0 aliphatic rings. The first-order chi connectivity index (χ1) is 7.10. The molecule has 0 unspecified atom stereocenters. The van der Waals surface area contributed by atoms with Crippen molar-refractivity contribution in [2.75, 3.05) is 28.4 Å². The number of ketones is 2. The third-order valence-corrected chi connectivity index (χ3v) is 1.73. The topological polar surface area (TPSA) is 71.1 Å². The van der Waals surface area contributed by atoms with Gasteiger partial charge in [-0.25, -0.2) is 0 Å². The lowest BCUT2D eigenvalue weighted by atomic mass is 10.2. The molecule has 0 amide bonds. The lowest BCUT2D eigenvalue weighted by molar-refractivity contribution is -0.166. The predicted molar refractivity (Wildman–Crippen MR) is 50.2 cm³/mol. The maximum Gasteiger partial charge on any atom is 0.217 e. The molecular formula is C9H16O6. The van der Waals surface area contributed by atoms with Gasteiger partial charge in [0.15, 0.2) is 11.6 Å². The van der Waals surface area contributed by atoms with E-state index in [0.29, 0.717) is 0 Å². The van der Waals surface area contributed by atoms with Crippen molar-refractivity contribution in [1.29, 1.82) is 0 Å². The Labute approximate surface area is 88.4 Å². The molecule has 88 valence electrons. The SMILES string of the molecule is COC(OC)C(=O)CC(=O)C(OC)OC. The Hall–Kier alpha value is -0.820. The van der Waals surface area contributed by atoms with Crippen molar-refractivity contribution in [3.05, 3.63) is 0 Å². The van der Waals surface area contributed by atoms with Gasteiger partial charge in [-0.15, -0.1) is 0 Å². The summed E-state index contributed by atoms with van der Waals surface area (Å²) >= 11 is 0. The number of Topliss-reactive ketones (excluding diaryl/α,β-unsaturated/α-hetero) is 2. The van der Waals surface area contributed by atoms with Gasteiger partial charge >= 0.3 is 0 Å². The van der Waals surface area contributed by atoms with Crippen molar-refractivity contribution in [2.24, 2.45) is 0 Å². The van der Waals surface area contributed by atoms with Crippen molar-refractivity contribution in [3.63, 3.8) is 0 Å². The third-order valence-electron chi connectivity index (χ3n) is 1.73. The van der Waals surface area contributed by atoms with Gasteiger partial charge in [0, 0.05) is 28.4 Å². The monoisotopic (exact) mass is 220 g/mol. The van der Waals surface area contributed by atoms with Crippen molar-refractivity contribution in [3.8, 4) is 0 Å². The molecule has 0 heterocycles. The van der Waals surface area contributed by atoms with Crippen molar-refractivity contribution >= 4 is 11.6 Å². The normalized spacial score (nSPS) is 11.1. The molecule has 0 saturated carbocycles. The zero-order chi connectivity index (χ0) is 11.8. The van der Waals surface area contributed by atoms with E-state index in [2.05, 4.69) is 0 Å². The Morgan fingerprint density at radius 3 is 1.27 bits per heavy atom. The van der Waals surface area contributed by atoms with Gasteiger partial charge in [0.1, 0.15) is 0 Å². The smallest absolute Gasteiger partial charge is 0.217 e. The number of hydrogen-bond acceptors (Lipinski definition) is 6. The molecule has 6 nitrogen and oxygen atoms in total. The van der Waals surface area contributed by atoms with Crippen LogP contribution in [0.5, 0.6) is 0 Å². The van der Waals surface area contributed by atoms with Gasteiger partial charge in [-0.2, -0.15) is 0 Å². The van der Waals surface area contributed by atoms with E-state index in [4.69, 9.17) is 18.9 Å². The molecule has 0 spiro atoms. The summed E-state index contributed by atoms with van der Waals surface area (Å²) in [5.74, 6) is -0.937. The van der Waals surface area contributed by atoms with Crippen LogP contribution >= 0.6 is 0 Å². The lowest BCUT2D eigenvalue weighted by Crippen LogP contribution is -2.32. The minimum Gasteiger partial charge on any atom is -0.349 e. The maximum atomic E-state index is 11.4. The molecule has 0 rings (SSSR count). The molecule has 0 aromatic carbocycles. The highest BCUT2D eigenvalue weighted by atomic mass is 16.7. The van der Waals surface area contributed by atoms with E-state index < -0.39 is 24.1 Å². The van der Waals surface area contributed by atoms with Gasteiger partial charge in [0.05, 0.1) is 6.42 Å². The second kappa shape index (κ2) is 7.47. The summed E-state index contributed by atoms with van der Waals surface area (Å²) < 4.78 is 18.8. The van der Waals surface area contributed by atoms with Gasteiger partial charge in [0.2, 0.25) is 12.6 Å². The Kier molecular flexibility index (Phi) is 7.06. The van der Waals surface area contributed by atoms with Gasteiger partial charge in [-0.3, -0.25) is 9.59 Å². The van der Waals surface area contributed by atoms with E-state index in [0.717, 1.165) is 0 Å². The van der Waals surface area contributed by atoms with Gasteiger partial charge < -0.3 is 18.9 Å². The molecular weight excluding hydrogens is 204 g/mol. The zero-order valence-electron chi connectivity index (χ0n) is 9.31. The first kappa shape index (κ1) is 14.2. The summed E-state index contributed by atoms with van der Waals surface area (Å²) in [7, 11) is 5.28. The molecule has 0 fully saturated rings. The summed E-state index contributed by atoms with van der Waals surface area (Å²) in [6, 6.07) is 0. The van der Waals surface area contributed by atoms with Crippen LogP contribution < -0.4 is 0 Å². The molecule has 0 radical (unpaired) electrons. The minimum atomic E-state index is -1.02. The average Bonchev–Trinajstić information content (AvgIpc) is 2.21. The van der Waals surface area contributed by atoms with Crippen LogP contribution in [0.25, 0.3) is 0 Å². The van der Waals surface area contributed by atoms with E-state index in [9.17, 15) is 9.59 Å². The summed E-state index contributed by atoms with van der Waals surface area (Å²) in [5, 5.41) is 0. The van der Waals surface area contributed by atoms with Crippen molar-refractivity contribution in [1.82, 2.24) is 0 Å². The molecule has 0 N–H and O–H groups in total. The summed E-state index contributed by atoms with van der Waals surface area (Å²) in [5.41, 5.74) is 0. The number of hydrogen-bond donors (Lipinski definition) is 0. The van der Waals surface area contributed by atoms with Gasteiger partial charge in [-0.05, 0) is 0 Å². The Morgan fingerprint density at radius 2 is 1.07 bits per heavy atom. The Bertz CT molecular complexity index is 185. The highest BCUT2D eigenvalue weighted by Crippen LogP contribution is 2.03. The quantitative estimate of drug-likeness (QED) is 0.415. The number of rotatable bonds is 8. The Morgan fingerprint density at radius 1 is 0.800 bits per heavy atom. The second-order valence-corrected chi connectivity index (χ2v) is 2.72. The third kappa shape index (κ3) is 4.48. The molecule has 15 heavy (non-hydrogen) atoms. The molecule has 0 saturated heterocycles. The summed E-state index contributed by atoms with van der Waals surface area (Å²) in [6.07, 6.45) is -2.40. The average molecular weight is 220 g/mol. The number of methoxy groups -OCH3 is 4. The van der Waals surface area contributed by atoms with Gasteiger partial charge in [-0.1, -0.05) is 0 Å². The van der Waals surface area contributed by atoms with Crippen LogP contribution in [0.15, 0.2) is 0 Å². The van der Waals surface area contributed by atoms with Gasteiger partial charge in [0.25, 0.3) is 0 Å². The highest BCUT2D eigenvalue weighted by molar-refractivity contribution is 6.01. The molecule has 0 bridgehead atoms. The molecule has 0 atom stereocenters. The largest absolute Gasteiger partial charge is 0.349 e. The standard InChI is InChI=1S/C9H16O6/c1-12-8(13-2)6(10)5-7(11)9(14-3)15-4/h8-9H,5H2,1-4H3. The molecule has 6 heteroatoms.